The minimum absolute atomic E-state index is 0.0841. The van der Waals surface area contributed by atoms with Gasteiger partial charge in [-0.05, 0) is 38.7 Å². The molecule has 3 aliphatic carbocycles. The van der Waals surface area contributed by atoms with Crippen molar-refractivity contribution in [2.75, 3.05) is 13.7 Å². The maximum atomic E-state index is 13.2. The van der Waals surface area contributed by atoms with Gasteiger partial charge in [-0.2, -0.15) is 0 Å². The Labute approximate surface area is 143 Å². The van der Waals surface area contributed by atoms with Crippen molar-refractivity contribution >= 4 is 5.78 Å². The van der Waals surface area contributed by atoms with E-state index in [4.69, 9.17) is 4.74 Å². The van der Waals surface area contributed by atoms with E-state index in [0.29, 0.717) is 18.4 Å². The molecule has 1 spiro atoms. The van der Waals surface area contributed by atoms with Crippen LogP contribution in [0.15, 0.2) is 23.3 Å². The number of ether oxygens (including phenoxy) is 1. The summed E-state index contributed by atoms with van der Waals surface area (Å²) in [6, 6.07) is 0. The number of methoxy groups -OCH3 is 1. The van der Waals surface area contributed by atoms with E-state index in [0.717, 1.165) is 24.0 Å². The standard InChI is InChI=1S/C20H26O4/c1-5-6-7-8-13-14-15(16(22)12(2)20(13)9-10-20)18(24-4)19(3,11-21)17(14)23/h15-16,18,21-22H,2,7-11H2,1,3-4H3. The minimum atomic E-state index is -1.02. The van der Waals surface area contributed by atoms with Crippen LogP contribution in [0.25, 0.3) is 0 Å². The molecule has 3 aliphatic rings. The Morgan fingerprint density at radius 2 is 2.08 bits per heavy atom. The Hall–Kier alpha value is -1.41. The molecule has 0 heterocycles. The first kappa shape index (κ1) is 17.4. The average molecular weight is 330 g/mol. The third-order valence-electron chi connectivity index (χ3n) is 6.27. The molecule has 0 amide bonds. The van der Waals surface area contributed by atoms with Crippen molar-refractivity contribution in [2.24, 2.45) is 16.7 Å². The SMILES string of the molecule is C=C1C(O)C2C(=C(CCC#CC)C13CC3)C(=O)C(C)(CO)C2OC. The number of carbonyl (C=O) groups is 1. The zero-order valence-corrected chi connectivity index (χ0v) is 14.7. The minimum Gasteiger partial charge on any atom is -0.395 e. The fraction of sp³-hybridized carbons (Fsp3) is 0.650. The molecule has 0 aliphatic heterocycles. The molecule has 130 valence electrons. The number of ketones is 1. The van der Waals surface area contributed by atoms with Crippen LogP contribution >= 0.6 is 0 Å². The number of hydrogen-bond acceptors (Lipinski definition) is 4. The molecule has 2 N–H and O–H groups in total. The van der Waals surface area contributed by atoms with E-state index < -0.39 is 23.5 Å². The van der Waals surface area contributed by atoms with Gasteiger partial charge in [-0.25, -0.2) is 0 Å². The average Bonchev–Trinajstić information content (AvgIpc) is 3.34. The van der Waals surface area contributed by atoms with Crippen molar-refractivity contribution in [3.63, 3.8) is 0 Å². The van der Waals surface area contributed by atoms with Gasteiger partial charge in [-0.1, -0.05) is 12.2 Å². The largest absolute Gasteiger partial charge is 0.395 e. The zero-order chi connectivity index (χ0) is 17.7. The van der Waals surface area contributed by atoms with E-state index in [1.165, 1.54) is 7.11 Å². The molecule has 24 heavy (non-hydrogen) atoms. The molecular formula is C20H26O4. The lowest BCUT2D eigenvalue weighted by molar-refractivity contribution is -0.131. The highest BCUT2D eigenvalue weighted by molar-refractivity contribution is 6.05. The van der Waals surface area contributed by atoms with Gasteiger partial charge in [0.25, 0.3) is 0 Å². The van der Waals surface area contributed by atoms with Gasteiger partial charge in [-0.3, -0.25) is 4.79 Å². The Morgan fingerprint density at radius 1 is 1.42 bits per heavy atom. The van der Waals surface area contributed by atoms with Crippen molar-refractivity contribution in [2.45, 2.75) is 51.7 Å². The number of allylic oxidation sites excluding steroid dienone is 1. The van der Waals surface area contributed by atoms with Crippen LogP contribution in [0.3, 0.4) is 0 Å². The molecule has 4 heteroatoms. The predicted octanol–water partition coefficient (Wildman–Crippen LogP) is 2.01. The molecule has 3 rings (SSSR count). The Morgan fingerprint density at radius 3 is 2.58 bits per heavy atom. The molecular weight excluding hydrogens is 304 g/mol. The summed E-state index contributed by atoms with van der Waals surface area (Å²) in [6.07, 6.45) is 1.91. The van der Waals surface area contributed by atoms with Crippen LogP contribution in [0.4, 0.5) is 0 Å². The van der Waals surface area contributed by atoms with E-state index >= 15 is 0 Å². The fourth-order valence-electron chi connectivity index (χ4n) is 4.75. The lowest BCUT2D eigenvalue weighted by Crippen LogP contribution is -2.44. The van der Waals surface area contributed by atoms with Crippen LogP contribution in [0.2, 0.25) is 0 Å². The third kappa shape index (κ3) is 2.08. The Bertz CT molecular complexity index is 673. The topological polar surface area (TPSA) is 66.8 Å². The third-order valence-corrected chi connectivity index (χ3v) is 6.27. The molecule has 0 aromatic rings. The van der Waals surface area contributed by atoms with Crippen LogP contribution in [0.1, 0.15) is 39.5 Å². The summed E-state index contributed by atoms with van der Waals surface area (Å²) in [5.74, 6) is 5.45. The molecule has 2 fully saturated rings. The Kier molecular flexibility index (Phi) is 4.24. The van der Waals surface area contributed by atoms with Gasteiger partial charge in [-0.15, -0.1) is 11.8 Å². The summed E-state index contributed by atoms with van der Waals surface area (Å²) in [6.45, 7) is 7.41. The molecule has 2 saturated carbocycles. The first-order chi connectivity index (χ1) is 11.4. The van der Waals surface area contributed by atoms with E-state index in [1.807, 2.05) is 6.92 Å². The Balaban J connectivity index is 2.17. The number of rotatable bonds is 4. The highest BCUT2D eigenvalue weighted by Gasteiger charge is 2.65. The molecule has 0 aromatic carbocycles. The van der Waals surface area contributed by atoms with Gasteiger partial charge in [0.05, 0.1) is 24.2 Å². The number of fused-ring (bicyclic) bond motifs is 1. The van der Waals surface area contributed by atoms with Gasteiger partial charge in [0.2, 0.25) is 0 Å². The van der Waals surface area contributed by atoms with Crippen LogP contribution in [0, 0.1) is 28.6 Å². The normalized spacial score (nSPS) is 36.6. The monoisotopic (exact) mass is 330 g/mol. The molecule has 4 unspecified atom stereocenters. The molecule has 0 bridgehead atoms. The number of carbonyl (C=O) groups excluding carboxylic acids is 1. The highest BCUT2D eigenvalue weighted by Crippen LogP contribution is 2.66. The molecule has 4 atom stereocenters. The van der Waals surface area contributed by atoms with Crippen LogP contribution in [0.5, 0.6) is 0 Å². The van der Waals surface area contributed by atoms with Crippen LogP contribution < -0.4 is 0 Å². The summed E-state index contributed by atoms with van der Waals surface area (Å²) in [5, 5.41) is 20.8. The van der Waals surface area contributed by atoms with Crippen molar-refractivity contribution in [3.8, 4) is 11.8 Å². The number of hydrogen-bond donors (Lipinski definition) is 2. The van der Waals surface area contributed by atoms with Gasteiger partial charge in [0, 0.05) is 30.4 Å². The first-order valence-corrected chi connectivity index (χ1v) is 8.58. The summed E-state index contributed by atoms with van der Waals surface area (Å²) >= 11 is 0. The zero-order valence-electron chi connectivity index (χ0n) is 14.7. The first-order valence-electron chi connectivity index (χ1n) is 8.58. The van der Waals surface area contributed by atoms with Crippen molar-refractivity contribution in [3.05, 3.63) is 23.3 Å². The lowest BCUT2D eigenvalue weighted by atomic mass is 9.69. The molecule has 0 aromatic heterocycles. The quantitative estimate of drug-likeness (QED) is 0.611. The van der Waals surface area contributed by atoms with Crippen molar-refractivity contribution in [1.82, 2.24) is 0 Å². The predicted molar refractivity (Wildman–Crippen MR) is 91.0 cm³/mol. The highest BCUT2D eigenvalue weighted by atomic mass is 16.5. The molecule has 0 saturated heterocycles. The van der Waals surface area contributed by atoms with E-state index in [1.54, 1.807) is 6.92 Å². The van der Waals surface area contributed by atoms with Crippen molar-refractivity contribution < 1.29 is 19.7 Å². The molecule has 4 nitrogen and oxygen atoms in total. The van der Waals surface area contributed by atoms with Crippen molar-refractivity contribution in [1.29, 1.82) is 0 Å². The van der Waals surface area contributed by atoms with Crippen LogP contribution in [-0.2, 0) is 9.53 Å². The summed E-state index contributed by atoms with van der Waals surface area (Å²) in [5.41, 5.74) is 1.30. The second-order valence-electron chi connectivity index (χ2n) is 7.46. The number of Topliss-reactive ketones (excluding diaryl/α,β-unsaturated/α-hetero) is 1. The van der Waals surface area contributed by atoms with Crippen LogP contribution in [-0.4, -0.2) is 41.9 Å². The second-order valence-corrected chi connectivity index (χ2v) is 7.46. The smallest absolute Gasteiger partial charge is 0.170 e. The summed E-state index contributed by atoms with van der Waals surface area (Å²) in [4.78, 5) is 13.2. The number of aliphatic hydroxyl groups excluding tert-OH is 2. The van der Waals surface area contributed by atoms with E-state index in [-0.39, 0.29) is 17.8 Å². The van der Waals surface area contributed by atoms with Gasteiger partial charge in [0.1, 0.15) is 0 Å². The maximum absolute atomic E-state index is 13.2. The molecule has 0 radical (unpaired) electrons. The maximum Gasteiger partial charge on any atom is 0.170 e. The van der Waals surface area contributed by atoms with Gasteiger partial charge >= 0.3 is 0 Å². The van der Waals surface area contributed by atoms with Gasteiger partial charge in [0.15, 0.2) is 5.78 Å². The summed E-state index contributed by atoms with van der Waals surface area (Å²) < 4.78 is 5.59. The number of aliphatic hydroxyl groups is 2. The van der Waals surface area contributed by atoms with Gasteiger partial charge < -0.3 is 14.9 Å². The fourth-order valence-corrected chi connectivity index (χ4v) is 4.75. The van der Waals surface area contributed by atoms with E-state index in [2.05, 4.69) is 18.4 Å². The summed E-state index contributed by atoms with van der Waals surface area (Å²) in [7, 11) is 1.54. The second kappa shape index (κ2) is 5.84. The van der Waals surface area contributed by atoms with E-state index in [9.17, 15) is 15.0 Å². The lowest BCUT2D eigenvalue weighted by Gasteiger charge is -2.39.